The van der Waals surface area contributed by atoms with Crippen molar-refractivity contribution >= 4 is 10.1 Å². The minimum Gasteiger partial charge on any atom is -0.378 e. The van der Waals surface area contributed by atoms with Crippen molar-refractivity contribution in [2.45, 2.75) is 90.4 Å². The van der Waals surface area contributed by atoms with E-state index in [9.17, 15) is 8.42 Å². The summed E-state index contributed by atoms with van der Waals surface area (Å²) < 4.78 is 44.8. The fourth-order valence-electron chi connectivity index (χ4n) is 3.19. The highest BCUT2D eigenvalue weighted by Gasteiger charge is 2.56. The van der Waals surface area contributed by atoms with Crippen LogP contribution in [0.4, 0.5) is 0 Å². The van der Waals surface area contributed by atoms with Gasteiger partial charge in [-0.05, 0) is 6.42 Å². The van der Waals surface area contributed by atoms with Crippen LogP contribution in [0.15, 0.2) is 12.7 Å². The SMILES string of the molecule is C.C.C=CCOCC1(COCCCCCCCCCCC)OCC1S(=O)(=O)ON. The van der Waals surface area contributed by atoms with Crippen LogP contribution >= 0.6 is 0 Å². The lowest BCUT2D eigenvalue weighted by Crippen LogP contribution is -2.67. The van der Waals surface area contributed by atoms with E-state index < -0.39 is 21.0 Å². The summed E-state index contributed by atoms with van der Waals surface area (Å²) in [4.78, 5) is 0. The second-order valence-corrected chi connectivity index (χ2v) is 8.89. The maximum atomic E-state index is 12.0. The molecule has 29 heavy (non-hydrogen) atoms. The zero-order valence-electron chi connectivity index (χ0n) is 16.7. The molecule has 1 fully saturated rings. The summed E-state index contributed by atoms with van der Waals surface area (Å²) in [5.41, 5.74) is -1.07. The van der Waals surface area contributed by atoms with Crippen LogP contribution in [-0.4, -0.2) is 52.3 Å². The van der Waals surface area contributed by atoms with Crippen molar-refractivity contribution in [1.82, 2.24) is 0 Å². The van der Waals surface area contributed by atoms with Gasteiger partial charge in [-0.25, -0.2) is 0 Å². The Kier molecular flexibility index (Phi) is 18.2. The predicted octanol–water partition coefficient (Wildman–Crippen LogP) is 4.37. The molecule has 176 valence electrons. The standard InChI is InChI=1S/C19H37NO6S.2CH4/c1-3-5-6-7-8-9-10-11-12-14-24-17-19(16-23-13-4-2)18(15-25-19)27(21,22)26-20;;/h4,18H,2-3,5-17,20H2,1H3;2*1H4. The number of rotatable bonds is 18. The second kappa shape index (κ2) is 17.2. The van der Waals surface area contributed by atoms with Gasteiger partial charge in [-0.1, -0.05) is 79.2 Å². The third-order valence-electron chi connectivity index (χ3n) is 4.91. The van der Waals surface area contributed by atoms with E-state index >= 15 is 0 Å². The number of unbranched alkanes of at least 4 members (excludes halogenated alkanes) is 8. The molecule has 0 saturated carbocycles. The molecule has 0 aromatic rings. The highest BCUT2D eigenvalue weighted by Crippen LogP contribution is 2.34. The van der Waals surface area contributed by atoms with Crippen LogP contribution in [0.2, 0.25) is 0 Å². The number of hydrogen-bond acceptors (Lipinski definition) is 7. The minimum absolute atomic E-state index is 0. The fraction of sp³-hybridized carbons (Fsp3) is 0.905. The van der Waals surface area contributed by atoms with Gasteiger partial charge in [0.1, 0.15) is 10.9 Å². The van der Waals surface area contributed by atoms with E-state index in [0.29, 0.717) is 13.2 Å². The first kappa shape index (κ1) is 30.7. The van der Waals surface area contributed by atoms with Gasteiger partial charge in [0.05, 0.1) is 26.4 Å². The van der Waals surface area contributed by atoms with Crippen molar-refractivity contribution in [3.05, 3.63) is 12.7 Å². The minimum atomic E-state index is -3.90. The first-order valence-electron chi connectivity index (χ1n) is 10.0. The number of hydrogen-bond donors (Lipinski definition) is 1. The summed E-state index contributed by atoms with van der Waals surface area (Å²) >= 11 is 0. The van der Waals surface area contributed by atoms with Crippen molar-refractivity contribution < 1.29 is 26.9 Å². The third-order valence-corrected chi connectivity index (χ3v) is 6.44. The zero-order valence-corrected chi connectivity index (χ0v) is 17.5. The van der Waals surface area contributed by atoms with E-state index in [-0.39, 0.29) is 34.7 Å². The Morgan fingerprint density at radius 2 is 1.59 bits per heavy atom. The Balaban J connectivity index is 0. The zero-order chi connectivity index (χ0) is 20.0. The van der Waals surface area contributed by atoms with Gasteiger partial charge < -0.3 is 14.2 Å². The molecular formula is C21H45NO6S. The summed E-state index contributed by atoms with van der Waals surface area (Å²) in [5, 5.41) is -0.886. The third kappa shape index (κ3) is 10.9. The molecule has 8 heteroatoms. The molecule has 0 radical (unpaired) electrons. The maximum Gasteiger partial charge on any atom is 0.291 e. The fourth-order valence-corrected chi connectivity index (χ4v) is 4.29. The first-order valence-corrected chi connectivity index (χ1v) is 11.5. The topological polar surface area (TPSA) is 97.1 Å². The van der Waals surface area contributed by atoms with Gasteiger partial charge in [-0.3, -0.25) is 0 Å². The van der Waals surface area contributed by atoms with E-state index in [1.54, 1.807) is 6.08 Å². The predicted molar refractivity (Wildman–Crippen MR) is 119 cm³/mol. The van der Waals surface area contributed by atoms with Crippen molar-refractivity contribution in [3.8, 4) is 0 Å². The Bertz CT molecular complexity index is 499. The molecule has 2 N–H and O–H groups in total. The molecule has 1 rings (SSSR count). The first-order chi connectivity index (χ1) is 13.0. The quantitative estimate of drug-likeness (QED) is 0.192. The van der Waals surface area contributed by atoms with E-state index in [0.717, 1.165) is 12.8 Å². The van der Waals surface area contributed by atoms with Gasteiger partial charge in [0.2, 0.25) is 0 Å². The van der Waals surface area contributed by atoms with Crippen LogP contribution in [0, 0.1) is 0 Å². The molecule has 0 bridgehead atoms. The lowest BCUT2D eigenvalue weighted by Gasteiger charge is -2.46. The molecule has 0 amide bonds. The maximum absolute atomic E-state index is 12.0. The summed E-state index contributed by atoms with van der Waals surface area (Å²) in [6.45, 7) is 6.93. The van der Waals surface area contributed by atoms with Crippen LogP contribution in [0.1, 0.15) is 79.6 Å². The Morgan fingerprint density at radius 1 is 1.03 bits per heavy atom. The summed E-state index contributed by atoms with van der Waals surface area (Å²) in [6.07, 6.45) is 12.7. The largest absolute Gasteiger partial charge is 0.378 e. The Hall–Kier alpha value is -0.510. The van der Waals surface area contributed by atoms with Crippen LogP contribution in [0.25, 0.3) is 0 Å². The van der Waals surface area contributed by atoms with Crippen molar-refractivity contribution in [1.29, 1.82) is 0 Å². The monoisotopic (exact) mass is 439 g/mol. The van der Waals surface area contributed by atoms with Gasteiger partial charge in [0, 0.05) is 6.61 Å². The molecule has 7 nitrogen and oxygen atoms in total. The average molecular weight is 440 g/mol. The molecule has 2 unspecified atom stereocenters. The molecule has 1 heterocycles. The number of nitrogens with two attached hydrogens (primary N) is 1. The molecule has 0 aromatic carbocycles. The van der Waals surface area contributed by atoms with Gasteiger partial charge >= 0.3 is 0 Å². The molecule has 0 aromatic heterocycles. The van der Waals surface area contributed by atoms with Gasteiger partial charge in [-0.15, -0.1) is 6.58 Å². The highest BCUT2D eigenvalue weighted by atomic mass is 32.2. The molecular weight excluding hydrogens is 394 g/mol. The molecule has 0 aliphatic carbocycles. The highest BCUT2D eigenvalue weighted by molar-refractivity contribution is 7.87. The van der Waals surface area contributed by atoms with E-state index in [1.165, 1.54) is 44.9 Å². The van der Waals surface area contributed by atoms with Crippen LogP contribution in [0.3, 0.4) is 0 Å². The van der Waals surface area contributed by atoms with Gasteiger partial charge in [0.15, 0.2) is 0 Å². The van der Waals surface area contributed by atoms with Crippen LogP contribution < -0.4 is 5.90 Å². The molecule has 0 spiro atoms. The molecule has 1 aliphatic heterocycles. The normalized spacial score (nSPS) is 21.0. The van der Waals surface area contributed by atoms with Gasteiger partial charge in [-0.2, -0.15) is 18.6 Å². The Labute approximate surface area is 179 Å². The molecule has 1 aliphatic rings. The van der Waals surface area contributed by atoms with Crippen molar-refractivity contribution in [3.63, 3.8) is 0 Å². The van der Waals surface area contributed by atoms with E-state index in [1.807, 2.05) is 0 Å². The van der Waals surface area contributed by atoms with E-state index in [2.05, 4.69) is 17.8 Å². The Morgan fingerprint density at radius 3 is 2.07 bits per heavy atom. The number of ether oxygens (including phenoxy) is 3. The smallest absolute Gasteiger partial charge is 0.291 e. The van der Waals surface area contributed by atoms with Gasteiger partial charge in [0.25, 0.3) is 10.1 Å². The summed E-state index contributed by atoms with van der Waals surface area (Å²) in [5.74, 6) is 4.91. The molecule has 1 saturated heterocycles. The van der Waals surface area contributed by atoms with Crippen LogP contribution in [0.5, 0.6) is 0 Å². The summed E-state index contributed by atoms with van der Waals surface area (Å²) in [7, 11) is -3.90. The van der Waals surface area contributed by atoms with Crippen molar-refractivity contribution in [2.75, 3.05) is 33.0 Å². The molecule has 2 atom stereocenters. The van der Waals surface area contributed by atoms with Crippen LogP contribution in [-0.2, 0) is 28.6 Å². The van der Waals surface area contributed by atoms with Crippen molar-refractivity contribution in [2.24, 2.45) is 5.90 Å². The second-order valence-electron chi connectivity index (χ2n) is 7.14. The average Bonchev–Trinajstić information content (AvgIpc) is 2.63. The summed E-state index contributed by atoms with van der Waals surface area (Å²) in [6, 6.07) is 0. The lowest BCUT2D eigenvalue weighted by molar-refractivity contribution is -0.203. The van der Waals surface area contributed by atoms with E-state index in [4.69, 9.17) is 20.1 Å². The lowest BCUT2D eigenvalue weighted by atomic mass is 9.96.